The van der Waals surface area contributed by atoms with E-state index < -0.39 is 0 Å². The summed E-state index contributed by atoms with van der Waals surface area (Å²) in [6, 6.07) is 4.90. The number of hydrogen-bond donors (Lipinski definition) is 1. The van der Waals surface area contributed by atoms with Crippen molar-refractivity contribution in [2.75, 3.05) is 0 Å². The Hall–Kier alpha value is -0.250. The summed E-state index contributed by atoms with van der Waals surface area (Å²) in [6.07, 6.45) is 0.861. The van der Waals surface area contributed by atoms with Gasteiger partial charge in [-0.15, -0.1) is 0 Å². The molecule has 0 aliphatic heterocycles. The van der Waals surface area contributed by atoms with Gasteiger partial charge in [0.25, 0.3) is 5.91 Å². The first-order chi connectivity index (χ1) is 7.88. The monoisotopic (exact) mass is 337 g/mol. The van der Waals surface area contributed by atoms with Crippen LogP contribution in [0.5, 0.6) is 0 Å². The molecule has 2 atom stereocenters. The van der Waals surface area contributed by atoms with Crippen molar-refractivity contribution in [1.82, 2.24) is 5.32 Å². The molecular formula is C12H14BrCl2NO. The summed E-state index contributed by atoms with van der Waals surface area (Å²) >= 11 is 15.1. The third kappa shape index (κ3) is 5.28. The molecule has 0 radical (unpaired) electrons. The molecule has 0 spiro atoms. The molecular weight excluding hydrogens is 325 g/mol. The highest BCUT2D eigenvalue weighted by Crippen LogP contribution is 2.19. The largest absolute Gasteiger partial charge is 0.350 e. The Morgan fingerprint density at radius 3 is 2.29 bits per heavy atom. The number of hydrogen-bond acceptors (Lipinski definition) is 1. The molecule has 0 fully saturated rings. The van der Waals surface area contributed by atoms with Gasteiger partial charge in [0.15, 0.2) is 0 Å². The van der Waals surface area contributed by atoms with Crippen LogP contribution in [-0.4, -0.2) is 16.8 Å². The number of nitrogens with one attached hydrogen (secondary N) is 1. The standard InChI is InChI=1S/C12H14BrCl2NO/c1-7(13)3-8(2)16-12(17)9-4-10(14)6-11(15)5-9/h4-8H,3H2,1-2H3,(H,16,17). The highest BCUT2D eigenvalue weighted by atomic mass is 79.9. The number of carbonyl (C=O) groups is 1. The van der Waals surface area contributed by atoms with Gasteiger partial charge in [0.1, 0.15) is 0 Å². The van der Waals surface area contributed by atoms with Gasteiger partial charge >= 0.3 is 0 Å². The van der Waals surface area contributed by atoms with E-state index in [1.165, 1.54) is 0 Å². The minimum atomic E-state index is -0.157. The second-order valence-electron chi connectivity index (χ2n) is 4.05. The first-order valence-electron chi connectivity index (χ1n) is 5.29. The number of amides is 1. The molecule has 0 aliphatic rings. The van der Waals surface area contributed by atoms with Crippen molar-refractivity contribution in [3.05, 3.63) is 33.8 Å². The van der Waals surface area contributed by atoms with E-state index in [-0.39, 0.29) is 11.9 Å². The molecule has 0 saturated heterocycles. The summed E-state index contributed by atoms with van der Waals surface area (Å²) in [5.74, 6) is -0.157. The predicted molar refractivity (Wildman–Crippen MR) is 76.4 cm³/mol. The van der Waals surface area contributed by atoms with Gasteiger partial charge in [-0.05, 0) is 31.5 Å². The fourth-order valence-corrected chi connectivity index (χ4v) is 2.62. The van der Waals surface area contributed by atoms with Crippen molar-refractivity contribution in [3.8, 4) is 0 Å². The van der Waals surface area contributed by atoms with Gasteiger partial charge in [0, 0.05) is 26.5 Å². The molecule has 0 saturated carbocycles. The van der Waals surface area contributed by atoms with Crippen molar-refractivity contribution in [1.29, 1.82) is 0 Å². The normalized spacial score (nSPS) is 14.2. The van der Waals surface area contributed by atoms with E-state index in [2.05, 4.69) is 21.2 Å². The SMILES string of the molecule is CC(Br)CC(C)NC(=O)c1cc(Cl)cc(Cl)c1. The maximum Gasteiger partial charge on any atom is 0.251 e. The average Bonchev–Trinajstić information content (AvgIpc) is 2.14. The number of alkyl halides is 1. The first kappa shape index (κ1) is 14.8. The number of rotatable bonds is 4. The summed E-state index contributed by atoms with van der Waals surface area (Å²) in [7, 11) is 0. The van der Waals surface area contributed by atoms with E-state index in [1.54, 1.807) is 18.2 Å². The van der Waals surface area contributed by atoms with Crippen molar-refractivity contribution >= 4 is 45.0 Å². The predicted octanol–water partition coefficient (Wildman–Crippen LogP) is 4.29. The lowest BCUT2D eigenvalue weighted by Crippen LogP contribution is -2.33. The molecule has 1 aromatic carbocycles. The van der Waals surface area contributed by atoms with Crippen LogP contribution in [0, 0.1) is 0 Å². The Morgan fingerprint density at radius 2 is 1.82 bits per heavy atom. The van der Waals surface area contributed by atoms with Gasteiger partial charge < -0.3 is 5.32 Å². The maximum atomic E-state index is 11.9. The molecule has 0 bridgehead atoms. The Kier molecular flexibility index (Phi) is 5.77. The van der Waals surface area contributed by atoms with Crippen LogP contribution in [0.4, 0.5) is 0 Å². The van der Waals surface area contributed by atoms with E-state index in [0.717, 1.165) is 6.42 Å². The van der Waals surface area contributed by atoms with Crippen LogP contribution >= 0.6 is 39.1 Å². The minimum absolute atomic E-state index is 0.0923. The molecule has 0 aromatic heterocycles. The molecule has 94 valence electrons. The number of halogens is 3. The zero-order valence-corrected chi connectivity index (χ0v) is 12.7. The molecule has 17 heavy (non-hydrogen) atoms. The number of benzene rings is 1. The lowest BCUT2D eigenvalue weighted by Gasteiger charge is -2.15. The van der Waals surface area contributed by atoms with Crippen molar-refractivity contribution in [3.63, 3.8) is 0 Å². The summed E-state index contributed by atoms with van der Waals surface area (Å²) in [5, 5.41) is 3.82. The average molecular weight is 339 g/mol. The number of carbonyl (C=O) groups excluding carboxylic acids is 1. The molecule has 1 N–H and O–H groups in total. The highest BCUT2D eigenvalue weighted by molar-refractivity contribution is 9.09. The smallest absolute Gasteiger partial charge is 0.251 e. The molecule has 1 rings (SSSR count). The fraction of sp³-hybridized carbons (Fsp3) is 0.417. The second-order valence-corrected chi connectivity index (χ2v) is 6.49. The lowest BCUT2D eigenvalue weighted by molar-refractivity contribution is 0.0938. The van der Waals surface area contributed by atoms with Gasteiger partial charge in [-0.25, -0.2) is 0 Å². The fourth-order valence-electron chi connectivity index (χ4n) is 1.54. The molecule has 2 unspecified atom stereocenters. The maximum absolute atomic E-state index is 11.9. The van der Waals surface area contributed by atoms with Crippen LogP contribution in [0.3, 0.4) is 0 Å². The van der Waals surface area contributed by atoms with Crippen LogP contribution < -0.4 is 5.32 Å². The summed E-state index contributed by atoms with van der Waals surface area (Å²) < 4.78 is 0. The molecule has 5 heteroatoms. The van der Waals surface area contributed by atoms with E-state index in [0.29, 0.717) is 20.4 Å². The van der Waals surface area contributed by atoms with Crippen molar-refractivity contribution in [2.24, 2.45) is 0 Å². The molecule has 0 aliphatic carbocycles. The molecule has 0 heterocycles. The van der Waals surface area contributed by atoms with Gasteiger partial charge in [0.05, 0.1) is 0 Å². The van der Waals surface area contributed by atoms with Crippen molar-refractivity contribution in [2.45, 2.75) is 31.1 Å². The topological polar surface area (TPSA) is 29.1 Å². The Bertz CT molecular complexity index is 389. The van der Waals surface area contributed by atoms with Crippen LogP contribution in [-0.2, 0) is 0 Å². The van der Waals surface area contributed by atoms with Crippen LogP contribution in [0.1, 0.15) is 30.6 Å². The molecule has 2 nitrogen and oxygen atoms in total. The van der Waals surface area contributed by atoms with E-state index in [9.17, 15) is 4.79 Å². The van der Waals surface area contributed by atoms with E-state index >= 15 is 0 Å². The minimum Gasteiger partial charge on any atom is -0.350 e. The first-order valence-corrected chi connectivity index (χ1v) is 6.96. The lowest BCUT2D eigenvalue weighted by atomic mass is 10.1. The van der Waals surface area contributed by atoms with Crippen molar-refractivity contribution < 1.29 is 4.79 Å². The van der Waals surface area contributed by atoms with Crippen LogP contribution in [0.15, 0.2) is 18.2 Å². The zero-order valence-electron chi connectivity index (χ0n) is 9.64. The molecule has 1 aromatic rings. The van der Waals surface area contributed by atoms with Crippen LogP contribution in [0.25, 0.3) is 0 Å². The Morgan fingerprint density at radius 1 is 1.29 bits per heavy atom. The summed E-state index contributed by atoms with van der Waals surface area (Å²) in [4.78, 5) is 12.3. The van der Waals surface area contributed by atoms with Crippen LogP contribution in [0.2, 0.25) is 10.0 Å². The zero-order chi connectivity index (χ0) is 13.0. The quantitative estimate of drug-likeness (QED) is 0.815. The van der Waals surface area contributed by atoms with Gasteiger partial charge in [-0.1, -0.05) is 46.1 Å². The Balaban J connectivity index is 2.69. The Labute approximate surface area is 120 Å². The van der Waals surface area contributed by atoms with E-state index in [1.807, 2.05) is 13.8 Å². The second kappa shape index (κ2) is 6.62. The third-order valence-corrected chi connectivity index (χ3v) is 2.99. The van der Waals surface area contributed by atoms with E-state index in [4.69, 9.17) is 23.2 Å². The van der Waals surface area contributed by atoms with Gasteiger partial charge in [0.2, 0.25) is 0 Å². The van der Waals surface area contributed by atoms with Gasteiger partial charge in [-0.2, -0.15) is 0 Å². The summed E-state index contributed by atoms with van der Waals surface area (Å²) in [5.41, 5.74) is 0.483. The van der Waals surface area contributed by atoms with Gasteiger partial charge in [-0.3, -0.25) is 4.79 Å². The third-order valence-electron chi connectivity index (χ3n) is 2.18. The summed E-state index contributed by atoms with van der Waals surface area (Å²) in [6.45, 7) is 4.00. The molecule has 1 amide bonds. The highest BCUT2D eigenvalue weighted by Gasteiger charge is 2.12.